The Morgan fingerprint density at radius 1 is 1.16 bits per heavy atom. The zero-order valence-corrected chi connectivity index (χ0v) is 14.0. The number of rotatable bonds is 6. The highest BCUT2D eigenvalue weighted by Gasteiger charge is 2.12. The minimum atomic E-state index is -0.363. The third-order valence-electron chi connectivity index (χ3n) is 3.90. The Bertz CT molecular complexity index is 856. The molecule has 25 heavy (non-hydrogen) atoms. The maximum atomic E-state index is 13.7. The second kappa shape index (κ2) is 7.75. The molecule has 1 aromatic heterocycles. The van der Waals surface area contributed by atoms with Gasteiger partial charge in [0.25, 0.3) is 0 Å². The van der Waals surface area contributed by atoms with Crippen LogP contribution in [0.4, 0.5) is 10.1 Å². The fraction of sp³-hybridized carbons (Fsp3) is 0.200. The smallest absolute Gasteiger partial charge is 0.224 e. The molecule has 1 heterocycles. The summed E-state index contributed by atoms with van der Waals surface area (Å²) >= 11 is 0. The summed E-state index contributed by atoms with van der Waals surface area (Å²) in [6.45, 7) is 2.08. The van der Waals surface area contributed by atoms with Gasteiger partial charge in [0.2, 0.25) is 5.91 Å². The third-order valence-corrected chi connectivity index (χ3v) is 3.90. The molecule has 0 atom stereocenters. The van der Waals surface area contributed by atoms with Crippen molar-refractivity contribution in [1.29, 1.82) is 0 Å². The molecule has 0 fully saturated rings. The molecule has 0 bridgehead atoms. The van der Waals surface area contributed by atoms with E-state index in [4.69, 9.17) is 4.42 Å². The number of hydrogen-bond donors (Lipinski definition) is 1. The van der Waals surface area contributed by atoms with Crippen molar-refractivity contribution < 1.29 is 13.6 Å². The molecule has 3 rings (SSSR count). The topological polar surface area (TPSA) is 55.1 Å². The van der Waals surface area contributed by atoms with E-state index in [9.17, 15) is 9.18 Å². The predicted octanol–water partition coefficient (Wildman–Crippen LogP) is 4.61. The molecular formula is C20H19FN2O2. The van der Waals surface area contributed by atoms with Crippen LogP contribution in [0.25, 0.3) is 11.3 Å². The van der Waals surface area contributed by atoms with Crippen molar-refractivity contribution >= 4 is 11.6 Å². The van der Waals surface area contributed by atoms with Gasteiger partial charge in [0.15, 0.2) is 11.7 Å². The van der Waals surface area contributed by atoms with Crippen LogP contribution in [0, 0.1) is 5.82 Å². The lowest BCUT2D eigenvalue weighted by Crippen LogP contribution is -2.12. The van der Waals surface area contributed by atoms with E-state index in [0.717, 1.165) is 12.1 Å². The Labute approximate surface area is 145 Å². The van der Waals surface area contributed by atoms with Crippen LogP contribution in [0.5, 0.6) is 0 Å². The van der Waals surface area contributed by atoms with E-state index in [0.29, 0.717) is 23.6 Å². The fourth-order valence-electron chi connectivity index (χ4n) is 2.48. The van der Waals surface area contributed by atoms with E-state index in [1.165, 1.54) is 17.8 Å². The Balaban J connectivity index is 1.56. The molecule has 5 heteroatoms. The van der Waals surface area contributed by atoms with Gasteiger partial charge in [0, 0.05) is 18.5 Å². The summed E-state index contributed by atoms with van der Waals surface area (Å²) < 4.78 is 19.3. The first-order valence-electron chi connectivity index (χ1n) is 8.24. The summed E-state index contributed by atoms with van der Waals surface area (Å²) in [5.74, 6) is 0.298. The van der Waals surface area contributed by atoms with Crippen LogP contribution >= 0.6 is 0 Å². The number of carbonyl (C=O) groups excluding carboxylic acids is 1. The second-order valence-corrected chi connectivity index (χ2v) is 5.70. The lowest BCUT2D eigenvalue weighted by atomic mass is 10.1. The molecule has 2 aromatic carbocycles. The number of halogens is 1. The number of amides is 1. The van der Waals surface area contributed by atoms with E-state index in [-0.39, 0.29) is 18.1 Å². The van der Waals surface area contributed by atoms with Gasteiger partial charge in [-0.1, -0.05) is 31.2 Å². The van der Waals surface area contributed by atoms with Crippen LogP contribution in [0.2, 0.25) is 0 Å². The molecular weight excluding hydrogens is 319 g/mol. The largest absolute Gasteiger partial charge is 0.441 e. The first-order chi connectivity index (χ1) is 12.2. The lowest BCUT2D eigenvalue weighted by molar-refractivity contribution is -0.116. The van der Waals surface area contributed by atoms with Crippen LogP contribution in [0.15, 0.2) is 59.1 Å². The number of benzene rings is 2. The number of nitrogens with one attached hydrogen (secondary N) is 1. The summed E-state index contributed by atoms with van der Waals surface area (Å²) in [6.07, 6.45) is 3.04. The van der Waals surface area contributed by atoms with Gasteiger partial charge in [-0.25, -0.2) is 9.37 Å². The summed E-state index contributed by atoms with van der Waals surface area (Å²) in [4.78, 5) is 16.2. The standard InChI is InChI=1S/C20H19FN2O2/c1-2-14-7-9-15(10-8-14)23-19(24)11-12-20-22-13-18(25-20)16-5-3-4-6-17(16)21/h3-10,13H,2,11-12H2,1H3,(H,23,24). The number of aromatic nitrogens is 1. The van der Waals surface area contributed by atoms with Gasteiger partial charge in [-0.2, -0.15) is 0 Å². The van der Waals surface area contributed by atoms with Crippen molar-refractivity contribution in [3.8, 4) is 11.3 Å². The molecule has 3 aromatic rings. The van der Waals surface area contributed by atoms with Crippen molar-refractivity contribution in [2.45, 2.75) is 26.2 Å². The van der Waals surface area contributed by atoms with Gasteiger partial charge in [-0.3, -0.25) is 4.79 Å². The highest BCUT2D eigenvalue weighted by Crippen LogP contribution is 2.23. The maximum Gasteiger partial charge on any atom is 0.224 e. The molecule has 1 amide bonds. The maximum absolute atomic E-state index is 13.7. The second-order valence-electron chi connectivity index (χ2n) is 5.70. The molecule has 4 nitrogen and oxygen atoms in total. The average molecular weight is 338 g/mol. The van der Waals surface area contributed by atoms with Crippen molar-refractivity contribution in [3.05, 3.63) is 72.0 Å². The predicted molar refractivity (Wildman–Crippen MR) is 94.7 cm³/mol. The Kier molecular flexibility index (Phi) is 5.23. The zero-order chi connectivity index (χ0) is 17.6. The van der Waals surface area contributed by atoms with Gasteiger partial charge < -0.3 is 9.73 Å². The molecule has 0 aliphatic heterocycles. The first-order valence-corrected chi connectivity index (χ1v) is 8.24. The van der Waals surface area contributed by atoms with E-state index < -0.39 is 0 Å². The number of hydrogen-bond acceptors (Lipinski definition) is 3. The highest BCUT2D eigenvalue weighted by atomic mass is 19.1. The molecule has 0 aliphatic carbocycles. The SMILES string of the molecule is CCc1ccc(NC(=O)CCc2ncc(-c3ccccc3F)o2)cc1. The number of anilines is 1. The van der Waals surface area contributed by atoms with Gasteiger partial charge in [0.1, 0.15) is 5.82 Å². The molecule has 0 saturated carbocycles. The monoisotopic (exact) mass is 338 g/mol. The van der Waals surface area contributed by atoms with Gasteiger partial charge >= 0.3 is 0 Å². The van der Waals surface area contributed by atoms with Crippen LogP contribution in [-0.2, 0) is 17.6 Å². The molecule has 0 unspecified atom stereocenters. The lowest BCUT2D eigenvalue weighted by Gasteiger charge is -2.05. The summed E-state index contributed by atoms with van der Waals surface area (Å²) in [7, 11) is 0. The summed E-state index contributed by atoms with van der Waals surface area (Å²) in [6, 6.07) is 14.1. The Morgan fingerprint density at radius 3 is 2.64 bits per heavy atom. The van der Waals surface area contributed by atoms with E-state index >= 15 is 0 Å². The molecule has 0 saturated heterocycles. The molecule has 0 aliphatic rings. The van der Waals surface area contributed by atoms with Crippen LogP contribution < -0.4 is 5.32 Å². The number of nitrogens with zero attached hydrogens (tertiary/aromatic N) is 1. The fourth-order valence-corrected chi connectivity index (χ4v) is 2.48. The molecule has 0 spiro atoms. The Morgan fingerprint density at radius 2 is 1.92 bits per heavy atom. The number of carbonyl (C=O) groups is 1. The summed E-state index contributed by atoms with van der Waals surface area (Å²) in [5, 5.41) is 2.84. The highest BCUT2D eigenvalue weighted by molar-refractivity contribution is 5.90. The number of oxazole rings is 1. The van der Waals surface area contributed by atoms with Crippen molar-refractivity contribution in [2.75, 3.05) is 5.32 Å². The van der Waals surface area contributed by atoms with Crippen molar-refractivity contribution in [1.82, 2.24) is 4.98 Å². The van der Waals surface area contributed by atoms with Crippen LogP contribution in [0.3, 0.4) is 0 Å². The molecule has 0 radical (unpaired) electrons. The number of aryl methyl sites for hydroxylation is 2. The van der Waals surface area contributed by atoms with Crippen molar-refractivity contribution in [2.24, 2.45) is 0 Å². The average Bonchev–Trinajstić information content (AvgIpc) is 3.10. The van der Waals surface area contributed by atoms with Crippen LogP contribution in [0.1, 0.15) is 24.8 Å². The normalized spacial score (nSPS) is 10.6. The van der Waals surface area contributed by atoms with Gasteiger partial charge in [-0.15, -0.1) is 0 Å². The zero-order valence-electron chi connectivity index (χ0n) is 14.0. The third kappa shape index (κ3) is 4.32. The molecule has 1 N–H and O–H groups in total. The van der Waals surface area contributed by atoms with Crippen molar-refractivity contribution in [3.63, 3.8) is 0 Å². The Hall–Kier alpha value is -2.95. The summed E-state index contributed by atoms with van der Waals surface area (Å²) in [5.41, 5.74) is 2.35. The quantitative estimate of drug-likeness (QED) is 0.714. The van der Waals surface area contributed by atoms with Gasteiger partial charge in [0.05, 0.1) is 11.8 Å². The van der Waals surface area contributed by atoms with Crippen LogP contribution in [-0.4, -0.2) is 10.9 Å². The van der Waals surface area contributed by atoms with E-state index in [2.05, 4.69) is 17.2 Å². The minimum absolute atomic E-state index is 0.116. The van der Waals surface area contributed by atoms with E-state index in [1.54, 1.807) is 18.2 Å². The molecule has 128 valence electrons. The minimum Gasteiger partial charge on any atom is -0.441 e. The van der Waals surface area contributed by atoms with Gasteiger partial charge in [-0.05, 0) is 36.2 Å². The van der Waals surface area contributed by atoms with E-state index in [1.807, 2.05) is 24.3 Å². The first kappa shape index (κ1) is 16.9.